The first-order chi connectivity index (χ1) is 18.2. The van der Waals surface area contributed by atoms with Gasteiger partial charge in [-0.15, -0.1) is 0 Å². The molecule has 0 fully saturated rings. The van der Waals surface area contributed by atoms with Gasteiger partial charge < -0.3 is 20.3 Å². The Labute approximate surface area is 238 Å². The van der Waals surface area contributed by atoms with E-state index >= 15 is 0 Å². The van der Waals surface area contributed by atoms with Crippen LogP contribution < -0.4 is 10.6 Å². The highest BCUT2D eigenvalue weighted by Crippen LogP contribution is 2.31. The number of carbonyl (C=O) groups is 3. The molecule has 2 aromatic rings. The van der Waals surface area contributed by atoms with Crippen molar-refractivity contribution in [1.82, 2.24) is 10.2 Å². The highest BCUT2D eigenvalue weighted by atomic mass is 35.5. The van der Waals surface area contributed by atoms with Gasteiger partial charge in [-0.2, -0.15) is 0 Å². The van der Waals surface area contributed by atoms with Crippen LogP contribution in [0.25, 0.3) is 0 Å². The number of anilines is 1. The maximum Gasteiger partial charge on any atom is 0.408 e. The summed E-state index contributed by atoms with van der Waals surface area (Å²) in [6, 6.07) is 11.2. The monoisotopic (exact) mass is 557 g/mol. The van der Waals surface area contributed by atoms with Gasteiger partial charge in [0.1, 0.15) is 17.7 Å². The number of rotatable bonds is 11. The predicted octanol–water partition coefficient (Wildman–Crippen LogP) is 7.20. The summed E-state index contributed by atoms with van der Waals surface area (Å²) in [4.78, 5) is 42.6. The number of amides is 3. The molecule has 214 valence electrons. The number of alkyl carbamates (subject to hydrolysis) is 1. The number of unbranched alkanes of at least 4 members (excludes halogenated alkanes) is 1. The topological polar surface area (TPSA) is 87.7 Å². The SMILES string of the molecule is CCCCN(C(=O)C(CC(C)C)NC(=O)OC(C)(C)C)C(C(=O)Nc1c(C)cccc1Cl)c1ccccc1C. The number of benzene rings is 2. The van der Waals surface area contributed by atoms with Crippen LogP contribution in [-0.2, 0) is 14.3 Å². The highest BCUT2D eigenvalue weighted by Gasteiger charge is 2.37. The molecule has 3 amide bonds. The molecular weight excluding hydrogens is 514 g/mol. The van der Waals surface area contributed by atoms with Crippen LogP contribution in [0.5, 0.6) is 0 Å². The number of carbonyl (C=O) groups excluding carboxylic acids is 3. The molecule has 0 heterocycles. The Kier molecular flexibility index (Phi) is 11.8. The fourth-order valence-corrected chi connectivity index (χ4v) is 4.63. The summed E-state index contributed by atoms with van der Waals surface area (Å²) in [6.07, 6.45) is 1.24. The minimum absolute atomic E-state index is 0.110. The van der Waals surface area contributed by atoms with E-state index in [-0.39, 0.29) is 17.7 Å². The Morgan fingerprint density at radius 2 is 1.64 bits per heavy atom. The van der Waals surface area contributed by atoms with E-state index in [2.05, 4.69) is 10.6 Å². The molecule has 0 aliphatic heterocycles. The lowest BCUT2D eigenvalue weighted by Gasteiger charge is -2.35. The van der Waals surface area contributed by atoms with Gasteiger partial charge in [-0.25, -0.2) is 4.79 Å². The zero-order chi connectivity index (χ0) is 29.3. The number of nitrogens with zero attached hydrogens (tertiary/aromatic N) is 1. The molecule has 0 aromatic heterocycles. The second-order valence-electron chi connectivity index (χ2n) is 11.4. The number of para-hydroxylation sites is 1. The zero-order valence-corrected chi connectivity index (χ0v) is 25.3. The third-order valence-electron chi connectivity index (χ3n) is 6.25. The number of hydrogen-bond acceptors (Lipinski definition) is 4. The predicted molar refractivity (Wildman–Crippen MR) is 158 cm³/mol. The summed E-state index contributed by atoms with van der Waals surface area (Å²) in [7, 11) is 0. The molecule has 0 aliphatic carbocycles. The van der Waals surface area contributed by atoms with Gasteiger partial charge >= 0.3 is 6.09 Å². The molecule has 2 rings (SSSR count). The molecule has 0 spiro atoms. The molecule has 0 radical (unpaired) electrons. The van der Waals surface area contributed by atoms with Crippen molar-refractivity contribution >= 4 is 35.2 Å². The molecule has 0 bridgehead atoms. The van der Waals surface area contributed by atoms with E-state index in [0.717, 1.165) is 17.5 Å². The standard InChI is InChI=1S/C31H44ClN3O4/c1-9-10-18-35(29(37)25(19-20(2)3)33-30(38)39-31(6,7)8)27(23-16-12-11-14-21(23)4)28(36)34-26-22(5)15-13-17-24(26)32/h11-17,20,25,27H,9-10,18-19H2,1-8H3,(H,33,38)(H,34,36). The van der Waals surface area contributed by atoms with E-state index in [1.807, 2.05) is 71.0 Å². The number of aryl methyl sites for hydroxylation is 2. The van der Waals surface area contributed by atoms with Gasteiger partial charge in [-0.1, -0.05) is 75.2 Å². The zero-order valence-electron chi connectivity index (χ0n) is 24.6. The highest BCUT2D eigenvalue weighted by molar-refractivity contribution is 6.34. The van der Waals surface area contributed by atoms with Crippen LogP contribution in [0, 0.1) is 19.8 Å². The second kappa shape index (κ2) is 14.4. The molecule has 39 heavy (non-hydrogen) atoms. The van der Waals surface area contributed by atoms with Gasteiger partial charge in [0.05, 0.1) is 10.7 Å². The summed E-state index contributed by atoms with van der Waals surface area (Å²) in [5, 5.41) is 6.19. The maximum atomic E-state index is 14.3. The van der Waals surface area contributed by atoms with Crippen molar-refractivity contribution in [3.63, 3.8) is 0 Å². The molecule has 2 N–H and O–H groups in total. The lowest BCUT2D eigenvalue weighted by Crippen LogP contribution is -2.53. The Hall–Kier alpha value is -3.06. The summed E-state index contributed by atoms with van der Waals surface area (Å²) >= 11 is 6.44. The van der Waals surface area contributed by atoms with Crippen LogP contribution in [-0.4, -0.2) is 41.0 Å². The smallest absolute Gasteiger partial charge is 0.408 e. The lowest BCUT2D eigenvalue weighted by atomic mass is 9.96. The summed E-state index contributed by atoms with van der Waals surface area (Å²) < 4.78 is 5.46. The summed E-state index contributed by atoms with van der Waals surface area (Å²) in [5.74, 6) is -0.591. The first-order valence-electron chi connectivity index (χ1n) is 13.7. The number of ether oxygens (including phenoxy) is 1. The second-order valence-corrected chi connectivity index (χ2v) is 11.8. The Morgan fingerprint density at radius 1 is 1.00 bits per heavy atom. The molecule has 7 nitrogen and oxygen atoms in total. The fourth-order valence-electron chi connectivity index (χ4n) is 4.36. The van der Waals surface area contributed by atoms with Crippen molar-refractivity contribution in [2.45, 2.75) is 92.3 Å². The Bertz CT molecular complexity index is 1120. The van der Waals surface area contributed by atoms with Crippen molar-refractivity contribution in [3.8, 4) is 0 Å². The number of nitrogens with one attached hydrogen (secondary N) is 2. The minimum Gasteiger partial charge on any atom is -0.444 e. The fraction of sp³-hybridized carbons (Fsp3) is 0.516. The van der Waals surface area contributed by atoms with Crippen molar-refractivity contribution in [2.75, 3.05) is 11.9 Å². The molecule has 0 aliphatic rings. The minimum atomic E-state index is -0.934. The molecule has 0 saturated heterocycles. The molecule has 2 atom stereocenters. The maximum absolute atomic E-state index is 14.3. The molecular formula is C31H44ClN3O4. The normalized spacial score (nSPS) is 13.0. The van der Waals surface area contributed by atoms with Gasteiger partial charge in [-0.05, 0) is 76.1 Å². The third kappa shape index (κ3) is 9.57. The van der Waals surface area contributed by atoms with E-state index in [0.29, 0.717) is 35.7 Å². The average molecular weight is 558 g/mol. The van der Waals surface area contributed by atoms with Gasteiger partial charge in [0.15, 0.2) is 0 Å². The molecule has 0 saturated carbocycles. The van der Waals surface area contributed by atoms with Gasteiger partial charge in [-0.3, -0.25) is 9.59 Å². The summed E-state index contributed by atoms with van der Waals surface area (Å²) in [5.41, 5.74) is 2.20. The van der Waals surface area contributed by atoms with Crippen LogP contribution in [0.3, 0.4) is 0 Å². The van der Waals surface area contributed by atoms with Crippen LogP contribution >= 0.6 is 11.6 Å². The van der Waals surface area contributed by atoms with Gasteiger partial charge in [0.25, 0.3) is 5.91 Å². The van der Waals surface area contributed by atoms with E-state index in [1.54, 1.807) is 31.7 Å². The first kappa shape index (κ1) is 32.2. The van der Waals surface area contributed by atoms with Gasteiger partial charge in [0, 0.05) is 6.54 Å². The van der Waals surface area contributed by atoms with Crippen molar-refractivity contribution < 1.29 is 19.1 Å². The quantitative estimate of drug-likeness (QED) is 0.305. The third-order valence-corrected chi connectivity index (χ3v) is 6.56. The van der Waals surface area contributed by atoms with Crippen LogP contribution in [0.4, 0.5) is 10.5 Å². The van der Waals surface area contributed by atoms with E-state index in [9.17, 15) is 14.4 Å². The largest absolute Gasteiger partial charge is 0.444 e. The van der Waals surface area contributed by atoms with Crippen molar-refractivity contribution in [2.24, 2.45) is 5.92 Å². The Balaban J connectivity index is 2.58. The van der Waals surface area contributed by atoms with Gasteiger partial charge in [0.2, 0.25) is 5.91 Å². The first-order valence-corrected chi connectivity index (χ1v) is 14.0. The molecule has 8 heteroatoms. The van der Waals surface area contributed by atoms with E-state index in [4.69, 9.17) is 16.3 Å². The average Bonchev–Trinajstić information content (AvgIpc) is 2.82. The lowest BCUT2D eigenvalue weighted by molar-refractivity contribution is -0.141. The van der Waals surface area contributed by atoms with Crippen molar-refractivity contribution in [1.29, 1.82) is 0 Å². The van der Waals surface area contributed by atoms with E-state index in [1.165, 1.54) is 0 Å². The molecule has 2 unspecified atom stereocenters. The van der Waals surface area contributed by atoms with E-state index < -0.39 is 23.8 Å². The van der Waals surface area contributed by atoms with Crippen LogP contribution in [0.15, 0.2) is 42.5 Å². The number of hydrogen-bond donors (Lipinski definition) is 2. The van der Waals surface area contributed by atoms with Crippen LogP contribution in [0.2, 0.25) is 5.02 Å². The number of halogens is 1. The van der Waals surface area contributed by atoms with Crippen molar-refractivity contribution in [3.05, 3.63) is 64.2 Å². The Morgan fingerprint density at radius 3 is 2.21 bits per heavy atom. The molecule has 2 aromatic carbocycles. The summed E-state index contributed by atoms with van der Waals surface area (Å²) in [6.45, 7) is 15.4. The van der Waals surface area contributed by atoms with Crippen LogP contribution in [0.1, 0.15) is 83.5 Å².